The van der Waals surface area contributed by atoms with Crippen LogP contribution >= 0.6 is 0 Å². The van der Waals surface area contributed by atoms with E-state index in [0.717, 1.165) is 42.3 Å². The van der Waals surface area contributed by atoms with E-state index >= 15 is 0 Å². The molecule has 1 fully saturated rings. The molecule has 1 saturated carbocycles. The van der Waals surface area contributed by atoms with Crippen LogP contribution < -0.4 is 10.1 Å². The van der Waals surface area contributed by atoms with Gasteiger partial charge in [-0.25, -0.2) is 9.97 Å². The van der Waals surface area contributed by atoms with Crippen molar-refractivity contribution < 1.29 is 14.6 Å². The molecule has 1 aliphatic rings. The Morgan fingerprint density at radius 1 is 1.28 bits per heavy atom. The molecule has 0 spiro atoms. The molecule has 6 heteroatoms. The lowest BCUT2D eigenvalue weighted by Gasteiger charge is -2.26. The summed E-state index contributed by atoms with van der Waals surface area (Å²) in [5, 5.41) is 14.0. The van der Waals surface area contributed by atoms with Gasteiger partial charge in [0, 0.05) is 30.3 Å². The number of nitrogens with zero attached hydrogens (tertiary/aromatic N) is 2. The fraction of sp³-hybridized carbons (Fsp3) is 0.579. The van der Waals surface area contributed by atoms with E-state index in [0.29, 0.717) is 25.2 Å². The second-order valence-corrected chi connectivity index (χ2v) is 6.65. The molecule has 2 aromatic rings. The zero-order valence-corrected chi connectivity index (χ0v) is 14.9. The van der Waals surface area contributed by atoms with E-state index in [1.54, 1.807) is 0 Å². The molecule has 136 valence electrons. The van der Waals surface area contributed by atoms with Crippen LogP contribution in [0.3, 0.4) is 0 Å². The van der Waals surface area contributed by atoms with Crippen LogP contribution in [0.25, 0.3) is 10.9 Å². The second kappa shape index (κ2) is 8.45. The highest BCUT2D eigenvalue weighted by molar-refractivity contribution is 5.80. The number of ether oxygens (including phenoxy) is 2. The van der Waals surface area contributed by atoms with Crippen LogP contribution in [-0.2, 0) is 4.74 Å². The quantitative estimate of drug-likeness (QED) is 0.803. The van der Waals surface area contributed by atoms with Crippen LogP contribution in [-0.4, -0.2) is 46.5 Å². The van der Waals surface area contributed by atoms with Crippen molar-refractivity contribution in [3.05, 3.63) is 24.4 Å². The van der Waals surface area contributed by atoms with Crippen molar-refractivity contribution in [2.75, 3.05) is 18.5 Å². The minimum absolute atomic E-state index is 0.00880. The summed E-state index contributed by atoms with van der Waals surface area (Å²) in [5.41, 5.74) is 0.856. The number of aliphatic hydroxyl groups excluding tert-OH is 1. The third-order valence-corrected chi connectivity index (χ3v) is 4.48. The lowest BCUT2D eigenvalue weighted by Crippen LogP contribution is -2.28. The normalized spacial score (nSPS) is 21.9. The van der Waals surface area contributed by atoms with E-state index in [9.17, 15) is 5.11 Å². The lowest BCUT2D eigenvalue weighted by atomic mass is 9.93. The van der Waals surface area contributed by atoms with Crippen molar-refractivity contribution in [1.29, 1.82) is 0 Å². The summed E-state index contributed by atoms with van der Waals surface area (Å²) < 4.78 is 11.3. The standard InChI is InChI=1S/C19H27N3O3/c1-3-24-12-13(2)25-17-9-4-14-11-20-19(22-18(14)10-17)21-15-5-7-16(23)8-6-15/h4,9-11,13,15-16,23H,3,5-8,12H2,1-2H3,(H,20,21,22). The monoisotopic (exact) mass is 345 g/mol. The largest absolute Gasteiger partial charge is 0.488 e. The van der Waals surface area contributed by atoms with Crippen molar-refractivity contribution in [1.82, 2.24) is 9.97 Å². The first-order chi connectivity index (χ1) is 12.1. The third-order valence-electron chi connectivity index (χ3n) is 4.48. The minimum Gasteiger partial charge on any atom is -0.488 e. The highest BCUT2D eigenvalue weighted by Gasteiger charge is 2.19. The molecule has 2 N–H and O–H groups in total. The molecule has 0 aliphatic heterocycles. The maximum Gasteiger partial charge on any atom is 0.223 e. The summed E-state index contributed by atoms with van der Waals surface area (Å²) in [7, 11) is 0. The van der Waals surface area contributed by atoms with Crippen LogP contribution in [0.1, 0.15) is 39.5 Å². The fourth-order valence-corrected chi connectivity index (χ4v) is 3.10. The Bertz CT molecular complexity index is 687. The predicted molar refractivity (Wildman–Crippen MR) is 98.0 cm³/mol. The van der Waals surface area contributed by atoms with E-state index in [2.05, 4.69) is 15.3 Å². The molecule has 0 radical (unpaired) electrons. The number of rotatable bonds is 7. The van der Waals surface area contributed by atoms with Gasteiger partial charge in [-0.1, -0.05) is 0 Å². The van der Waals surface area contributed by atoms with E-state index in [1.165, 1.54) is 0 Å². The number of benzene rings is 1. The zero-order valence-electron chi connectivity index (χ0n) is 14.9. The molecule has 1 heterocycles. The van der Waals surface area contributed by atoms with E-state index in [1.807, 2.05) is 38.2 Å². The SMILES string of the molecule is CCOCC(C)Oc1ccc2cnc(NC3CCC(O)CC3)nc2c1. The molecular weight excluding hydrogens is 318 g/mol. The summed E-state index contributed by atoms with van der Waals surface area (Å²) in [5.74, 6) is 1.42. The fourth-order valence-electron chi connectivity index (χ4n) is 3.10. The van der Waals surface area contributed by atoms with E-state index in [-0.39, 0.29) is 12.2 Å². The van der Waals surface area contributed by atoms with Gasteiger partial charge >= 0.3 is 0 Å². The minimum atomic E-state index is -0.158. The van der Waals surface area contributed by atoms with Gasteiger partial charge in [-0.05, 0) is 51.7 Å². The average molecular weight is 345 g/mol. The number of hydrogen-bond donors (Lipinski definition) is 2. The number of aromatic nitrogens is 2. The highest BCUT2D eigenvalue weighted by Crippen LogP contribution is 2.23. The number of hydrogen-bond acceptors (Lipinski definition) is 6. The summed E-state index contributed by atoms with van der Waals surface area (Å²) in [4.78, 5) is 9.03. The van der Waals surface area contributed by atoms with Crippen molar-refractivity contribution >= 4 is 16.9 Å². The molecular formula is C19H27N3O3. The molecule has 25 heavy (non-hydrogen) atoms. The van der Waals surface area contributed by atoms with Gasteiger partial charge in [0.1, 0.15) is 11.9 Å². The van der Waals surface area contributed by atoms with Crippen molar-refractivity contribution in [3.8, 4) is 5.75 Å². The van der Waals surface area contributed by atoms with Crippen molar-refractivity contribution in [3.63, 3.8) is 0 Å². The molecule has 1 unspecified atom stereocenters. The first-order valence-corrected chi connectivity index (χ1v) is 9.10. The third kappa shape index (κ3) is 5.03. The van der Waals surface area contributed by atoms with Crippen LogP contribution in [0.2, 0.25) is 0 Å². The Labute approximate surface area is 148 Å². The molecule has 0 amide bonds. The molecule has 6 nitrogen and oxygen atoms in total. The maximum atomic E-state index is 9.61. The van der Waals surface area contributed by atoms with Crippen molar-refractivity contribution in [2.45, 2.75) is 57.8 Å². The van der Waals surface area contributed by atoms with Crippen LogP contribution in [0.15, 0.2) is 24.4 Å². The van der Waals surface area contributed by atoms with Crippen LogP contribution in [0.5, 0.6) is 5.75 Å². The Hall–Kier alpha value is -1.92. The zero-order chi connectivity index (χ0) is 17.6. The number of fused-ring (bicyclic) bond motifs is 1. The summed E-state index contributed by atoms with van der Waals surface area (Å²) in [6, 6.07) is 6.17. The number of nitrogens with one attached hydrogen (secondary N) is 1. The number of aliphatic hydroxyl groups is 1. The predicted octanol–water partition coefficient (Wildman–Crippen LogP) is 3.15. The maximum absolute atomic E-state index is 9.61. The Kier molecular flexibility index (Phi) is 6.04. The van der Waals surface area contributed by atoms with Gasteiger partial charge in [-0.15, -0.1) is 0 Å². The Balaban J connectivity index is 1.68. The smallest absolute Gasteiger partial charge is 0.223 e. The molecule has 0 bridgehead atoms. The lowest BCUT2D eigenvalue weighted by molar-refractivity contribution is 0.0658. The topological polar surface area (TPSA) is 76.5 Å². The van der Waals surface area contributed by atoms with Gasteiger partial charge in [0.25, 0.3) is 0 Å². The van der Waals surface area contributed by atoms with E-state index < -0.39 is 0 Å². The molecule has 1 aromatic heterocycles. The second-order valence-electron chi connectivity index (χ2n) is 6.65. The molecule has 1 aliphatic carbocycles. The summed E-state index contributed by atoms with van der Waals surface area (Å²) in [6.45, 7) is 5.22. The first-order valence-electron chi connectivity index (χ1n) is 9.10. The summed E-state index contributed by atoms with van der Waals surface area (Å²) >= 11 is 0. The summed E-state index contributed by atoms with van der Waals surface area (Å²) in [6.07, 6.45) is 5.22. The van der Waals surface area contributed by atoms with Crippen LogP contribution in [0.4, 0.5) is 5.95 Å². The average Bonchev–Trinajstić information content (AvgIpc) is 2.61. The van der Waals surface area contributed by atoms with Crippen molar-refractivity contribution in [2.24, 2.45) is 0 Å². The first kappa shape index (κ1) is 17.9. The van der Waals surface area contributed by atoms with Gasteiger partial charge in [0.2, 0.25) is 5.95 Å². The number of anilines is 1. The van der Waals surface area contributed by atoms with E-state index in [4.69, 9.17) is 9.47 Å². The molecule has 1 atom stereocenters. The highest BCUT2D eigenvalue weighted by atomic mass is 16.5. The molecule has 0 saturated heterocycles. The Morgan fingerprint density at radius 3 is 2.84 bits per heavy atom. The van der Waals surface area contributed by atoms with Gasteiger partial charge < -0.3 is 19.9 Å². The van der Waals surface area contributed by atoms with Gasteiger partial charge in [0.15, 0.2) is 0 Å². The van der Waals surface area contributed by atoms with Crippen LogP contribution in [0, 0.1) is 0 Å². The van der Waals surface area contributed by atoms with Gasteiger partial charge in [-0.2, -0.15) is 0 Å². The van der Waals surface area contributed by atoms with Gasteiger partial charge in [0.05, 0.1) is 18.2 Å². The molecule has 1 aromatic carbocycles. The van der Waals surface area contributed by atoms with Gasteiger partial charge in [-0.3, -0.25) is 0 Å². The molecule has 3 rings (SSSR count). The Morgan fingerprint density at radius 2 is 2.08 bits per heavy atom.